The molecule has 0 amide bonds. The van der Waals surface area contributed by atoms with Crippen LogP contribution in [0.2, 0.25) is 0 Å². The summed E-state index contributed by atoms with van der Waals surface area (Å²) >= 11 is 0. The zero-order valence-corrected chi connectivity index (χ0v) is 6.81. The van der Waals surface area contributed by atoms with E-state index in [-0.39, 0.29) is 0 Å². The molecule has 3 nitrogen and oxygen atoms in total. The highest BCUT2D eigenvalue weighted by Gasteiger charge is 1.98. The van der Waals surface area contributed by atoms with Crippen molar-refractivity contribution in [1.29, 1.82) is 0 Å². The molecule has 0 unspecified atom stereocenters. The zero-order valence-electron chi connectivity index (χ0n) is 6.81. The first-order valence-corrected chi connectivity index (χ1v) is 3.34. The maximum Gasteiger partial charge on any atom is 0.0176 e. The van der Waals surface area contributed by atoms with Gasteiger partial charge in [-0.2, -0.15) is 5.12 Å². The second-order valence-electron chi connectivity index (χ2n) is 2.13. The number of nitrogens with zero attached hydrogens (tertiary/aromatic N) is 2. The second-order valence-corrected chi connectivity index (χ2v) is 2.13. The fourth-order valence-corrected chi connectivity index (χ4v) is 0.644. The summed E-state index contributed by atoms with van der Waals surface area (Å²) in [7, 11) is 5.96. The molecule has 0 aliphatic carbocycles. The molecule has 9 heavy (non-hydrogen) atoms. The first kappa shape index (κ1) is 8.88. The molecule has 0 saturated heterocycles. The fourth-order valence-electron chi connectivity index (χ4n) is 0.644. The second kappa shape index (κ2) is 4.73. The predicted molar refractivity (Wildman–Crippen MR) is 39.7 cm³/mol. The van der Waals surface area contributed by atoms with Crippen molar-refractivity contribution < 1.29 is 0 Å². The van der Waals surface area contributed by atoms with Crippen molar-refractivity contribution in [2.24, 2.45) is 0 Å². The molecule has 0 heterocycles. The van der Waals surface area contributed by atoms with Gasteiger partial charge in [0.15, 0.2) is 0 Å². The Morgan fingerprint density at radius 3 is 2.22 bits per heavy atom. The first-order valence-electron chi connectivity index (χ1n) is 3.34. The van der Waals surface area contributed by atoms with Gasteiger partial charge in [0.05, 0.1) is 0 Å². The molecule has 0 aromatic rings. The molecule has 0 spiro atoms. The van der Waals surface area contributed by atoms with Crippen LogP contribution in [-0.2, 0) is 0 Å². The van der Waals surface area contributed by atoms with Gasteiger partial charge in [0.25, 0.3) is 0 Å². The van der Waals surface area contributed by atoms with Crippen LogP contribution in [0, 0.1) is 0 Å². The fraction of sp³-hybridized carbons (Fsp3) is 1.00. The third-order valence-corrected chi connectivity index (χ3v) is 1.38. The Morgan fingerprint density at radius 2 is 1.89 bits per heavy atom. The molecule has 0 aliphatic rings. The molecular weight excluding hydrogens is 114 g/mol. The molecule has 0 aromatic heterocycles. The van der Waals surface area contributed by atoms with E-state index in [2.05, 4.69) is 24.4 Å². The summed E-state index contributed by atoms with van der Waals surface area (Å²) < 4.78 is 0. The van der Waals surface area contributed by atoms with Crippen LogP contribution in [0.15, 0.2) is 0 Å². The molecule has 0 saturated carbocycles. The van der Waals surface area contributed by atoms with Crippen LogP contribution in [0.4, 0.5) is 0 Å². The van der Waals surface area contributed by atoms with Crippen LogP contribution >= 0.6 is 0 Å². The average Bonchev–Trinajstić information content (AvgIpc) is 1.87. The van der Waals surface area contributed by atoms with Gasteiger partial charge in [-0.3, -0.25) is 0 Å². The van der Waals surface area contributed by atoms with Crippen molar-refractivity contribution in [3.05, 3.63) is 0 Å². The lowest BCUT2D eigenvalue weighted by atomic mass is 10.5. The van der Waals surface area contributed by atoms with Crippen molar-refractivity contribution in [3.8, 4) is 0 Å². The van der Waals surface area contributed by atoms with E-state index >= 15 is 0 Å². The highest BCUT2D eigenvalue weighted by atomic mass is 15.8. The van der Waals surface area contributed by atoms with Gasteiger partial charge in [-0.25, -0.2) is 10.4 Å². The topological polar surface area (TPSA) is 18.5 Å². The lowest BCUT2D eigenvalue weighted by molar-refractivity contribution is -0.0141. The maximum absolute atomic E-state index is 3.01. The van der Waals surface area contributed by atoms with Crippen molar-refractivity contribution in [2.75, 3.05) is 27.7 Å². The lowest BCUT2D eigenvalue weighted by Crippen LogP contribution is -2.44. The maximum atomic E-state index is 3.01. The average molecular weight is 131 g/mol. The number of hydrazine groups is 2. The van der Waals surface area contributed by atoms with Crippen LogP contribution in [0.5, 0.6) is 0 Å². The molecule has 0 aliphatic heterocycles. The van der Waals surface area contributed by atoms with Crippen molar-refractivity contribution >= 4 is 0 Å². The normalized spacial score (nSPS) is 11.3. The summed E-state index contributed by atoms with van der Waals surface area (Å²) in [5.74, 6) is 0. The van der Waals surface area contributed by atoms with E-state index in [9.17, 15) is 0 Å². The van der Waals surface area contributed by atoms with E-state index in [4.69, 9.17) is 0 Å². The Bertz CT molecular complexity index is 65.3. The third-order valence-electron chi connectivity index (χ3n) is 1.38. The summed E-state index contributed by atoms with van der Waals surface area (Å²) in [4.78, 5) is 0. The van der Waals surface area contributed by atoms with Gasteiger partial charge in [-0.15, -0.1) is 0 Å². The number of hydrogen-bond acceptors (Lipinski definition) is 3. The predicted octanol–water partition coefficient (Wildman–Crippen LogP) is 0.309. The molecule has 0 rings (SSSR count). The van der Waals surface area contributed by atoms with Crippen LogP contribution in [0.25, 0.3) is 0 Å². The van der Waals surface area contributed by atoms with E-state index in [0.717, 1.165) is 6.54 Å². The van der Waals surface area contributed by atoms with Gasteiger partial charge in [-0.1, -0.05) is 6.92 Å². The van der Waals surface area contributed by atoms with Gasteiger partial charge >= 0.3 is 0 Å². The van der Waals surface area contributed by atoms with Crippen molar-refractivity contribution in [2.45, 2.75) is 13.3 Å². The molecule has 0 fully saturated rings. The van der Waals surface area contributed by atoms with Gasteiger partial charge in [0, 0.05) is 27.7 Å². The van der Waals surface area contributed by atoms with E-state index < -0.39 is 0 Å². The summed E-state index contributed by atoms with van der Waals surface area (Å²) in [6.07, 6.45) is 1.18. The minimum absolute atomic E-state index is 1.09. The molecule has 56 valence electrons. The van der Waals surface area contributed by atoms with Gasteiger partial charge in [0.1, 0.15) is 0 Å². The first-order chi connectivity index (χ1) is 4.22. The van der Waals surface area contributed by atoms with Crippen molar-refractivity contribution in [3.63, 3.8) is 0 Å². The van der Waals surface area contributed by atoms with E-state index in [0.29, 0.717) is 0 Å². The molecule has 0 aromatic carbocycles. The van der Waals surface area contributed by atoms with Gasteiger partial charge < -0.3 is 0 Å². The number of nitrogens with one attached hydrogen (secondary N) is 1. The Balaban J connectivity index is 3.32. The third kappa shape index (κ3) is 3.46. The summed E-state index contributed by atoms with van der Waals surface area (Å²) in [5.41, 5.74) is 3.01. The quantitative estimate of drug-likeness (QED) is 0.554. The van der Waals surface area contributed by atoms with Gasteiger partial charge in [-0.05, 0) is 6.42 Å². The molecule has 0 radical (unpaired) electrons. The van der Waals surface area contributed by atoms with Crippen molar-refractivity contribution in [1.82, 2.24) is 15.6 Å². The molecule has 1 N–H and O–H groups in total. The van der Waals surface area contributed by atoms with Crippen LogP contribution in [0.1, 0.15) is 13.3 Å². The smallest absolute Gasteiger partial charge is 0.0176 e. The summed E-state index contributed by atoms with van der Waals surface area (Å²) in [6.45, 7) is 3.26. The standard InChI is InChI=1S/C6H17N3/c1-5-6-8(3)9(4)7-2/h7H,5-6H2,1-4H3. The van der Waals surface area contributed by atoms with Crippen LogP contribution in [-0.4, -0.2) is 37.8 Å². The summed E-state index contributed by atoms with van der Waals surface area (Å²) in [5, 5.41) is 4.09. The van der Waals surface area contributed by atoms with E-state index in [1.54, 1.807) is 0 Å². The van der Waals surface area contributed by atoms with Crippen LogP contribution in [0.3, 0.4) is 0 Å². The van der Waals surface area contributed by atoms with E-state index in [1.165, 1.54) is 6.42 Å². The summed E-state index contributed by atoms with van der Waals surface area (Å²) in [6, 6.07) is 0. The van der Waals surface area contributed by atoms with Crippen LogP contribution < -0.4 is 5.43 Å². The van der Waals surface area contributed by atoms with Gasteiger partial charge in [0.2, 0.25) is 0 Å². The largest absolute Gasteiger partial charge is 0.245 e. The Morgan fingerprint density at radius 1 is 1.33 bits per heavy atom. The molecule has 0 atom stereocenters. The highest BCUT2D eigenvalue weighted by molar-refractivity contribution is 4.38. The van der Waals surface area contributed by atoms with E-state index in [1.807, 2.05) is 19.2 Å². The Kier molecular flexibility index (Phi) is 4.67. The monoisotopic (exact) mass is 131 g/mol. The lowest BCUT2D eigenvalue weighted by Gasteiger charge is -2.26. The highest BCUT2D eigenvalue weighted by Crippen LogP contribution is 1.86. The molecular formula is C6H17N3. The SMILES string of the molecule is CCCN(C)N(C)NC. The Labute approximate surface area is 57.6 Å². The minimum atomic E-state index is 1.09. The number of hydrogen-bond donors (Lipinski definition) is 1. The minimum Gasteiger partial charge on any atom is -0.245 e. The molecule has 0 bridgehead atoms. The zero-order chi connectivity index (χ0) is 7.28. The molecule has 3 heteroatoms. The Hall–Kier alpha value is -0.120. The number of rotatable bonds is 4.